The monoisotopic (exact) mass is 865 g/mol. The topological polar surface area (TPSA) is 152 Å². The van der Waals surface area contributed by atoms with Crippen LogP contribution in [0.25, 0.3) is 0 Å². The molecule has 0 aromatic carbocycles. The number of aliphatic hydroxyl groups excluding tert-OH is 4. The molecule has 0 aromatic rings. The Labute approximate surface area is 372 Å². The third-order valence-corrected chi connectivity index (χ3v) is 11.5. The highest BCUT2D eigenvalue weighted by Crippen LogP contribution is 2.23. The van der Waals surface area contributed by atoms with Crippen LogP contribution in [0, 0.1) is 0 Å². The smallest absolute Gasteiger partial charge is 0.306 e. The summed E-state index contributed by atoms with van der Waals surface area (Å²) in [5.74, 6) is -0.840. The fourth-order valence-electron chi connectivity index (χ4n) is 7.51. The van der Waals surface area contributed by atoms with Gasteiger partial charge in [-0.15, -0.1) is 0 Å². The van der Waals surface area contributed by atoms with Crippen molar-refractivity contribution < 1.29 is 49.0 Å². The number of carbonyl (C=O) groups is 2. The lowest BCUT2D eigenvalue weighted by Crippen LogP contribution is -2.59. The lowest BCUT2D eigenvalue weighted by molar-refractivity contribution is -0.305. The van der Waals surface area contributed by atoms with Crippen molar-refractivity contribution in [2.24, 2.45) is 0 Å². The van der Waals surface area contributed by atoms with E-state index in [9.17, 15) is 30.0 Å². The van der Waals surface area contributed by atoms with Crippen LogP contribution < -0.4 is 0 Å². The number of hydrogen-bond acceptors (Lipinski definition) is 10. The maximum absolute atomic E-state index is 12.8. The van der Waals surface area contributed by atoms with Gasteiger partial charge in [-0.3, -0.25) is 9.59 Å². The maximum atomic E-state index is 12.8. The predicted molar refractivity (Wildman–Crippen MR) is 247 cm³/mol. The summed E-state index contributed by atoms with van der Waals surface area (Å²) < 4.78 is 22.2. The van der Waals surface area contributed by atoms with Crippen LogP contribution >= 0.6 is 0 Å². The molecule has 0 saturated carbocycles. The molecule has 0 bridgehead atoms. The molecule has 4 N–H and O–H groups in total. The summed E-state index contributed by atoms with van der Waals surface area (Å²) >= 11 is 0. The van der Waals surface area contributed by atoms with E-state index in [0.29, 0.717) is 6.42 Å². The zero-order valence-corrected chi connectivity index (χ0v) is 38.9. The summed E-state index contributed by atoms with van der Waals surface area (Å²) in [5.41, 5.74) is 0. The SMILES string of the molecule is CCCCCCCC/C=C/C/C=C/CCCCC(=O)O[C@@H](COC(=O)CCCCCCCCCCCCC/C=C/CCCCCCCC)CO[C@H]1O[C@@H](CO)[C@@H](O)C(O)C1O. The van der Waals surface area contributed by atoms with E-state index in [-0.39, 0.29) is 32.0 Å². The second kappa shape index (κ2) is 41.9. The molecule has 10 heteroatoms. The van der Waals surface area contributed by atoms with E-state index in [0.717, 1.165) is 44.9 Å². The van der Waals surface area contributed by atoms with Gasteiger partial charge in [-0.25, -0.2) is 0 Å². The third kappa shape index (κ3) is 33.1. The molecule has 1 aliphatic rings. The van der Waals surface area contributed by atoms with E-state index in [4.69, 9.17) is 18.9 Å². The van der Waals surface area contributed by atoms with Crippen LogP contribution in [-0.4, -0.2) is 89.0 Å². The lowest BCUT2D eigenvalue weighted by atomic mass is 9.99. The second-order valence-corrected chi connectivity index (χ2v) is 17.3. The molecular weight excluding hydrogens is 773 g/mol. The summed E-state index contributed by atoms with van der Waals surface area (Å²) in [7, 11) is 0. The average molecular weight is 865 g/mol. The zero-order chi connectivity index (χ0) is 44.4. The highest BCUT2D eigenvalue weighted by Gasteiger charge is 2.44. The molecule has 0 radical (unpaired) electrons. The Kier molecular flexibility index (Phi) is 39.1. The number of unbranched alkanes of at least 4 members (excludes halogenated alkanes) is 25. The van der Waals surface area contributed by atoms with E-state index in [1.54, 1.807) is 0 Å². The van der Waals surface area contributed by atoms with Crippen LogP contribution in [-0.2, 0) is 28.5 Å². The third-order valence-electron chi connectivity index (χ3n) is 11.5. The molecule has 2 unspecified atom stereocenters. The maximum Gasteiger partial charge on any atom is 0.306 e. The Bertz CT molecular complexity index is 1090. The Morgan fingerprint density at radius 2 is 0.918 bits per heavy atom. The highest BCUT2D eigenvalue weighted by molar-refractivity contribution is 5.70. The van der Waals surface area contributed by atoms with Gasteiger partial charge in [0, 0.05) is 12.8 Å². The van der Waals surface area contributed by atoms with Crippen molar-refractivity contribution in [2.75, 3.05) is 19.8 Å². The van der Waals surface area contributed by atoms with E-state index in [1.807, 2.05) is 0 Å². The molecule has 0 aliphatic carbocycles. The van der Waals surface area contributed by atoms with Crippen molar-refractivity contribution in [3.8, 4) is 0 Å². The molecule has 1 aliphatic heterocycles. The second-order valence-electron chi connectivity index (χ2n) is 17.3. The molecule has 1 saturated heterocycles. The first-order valence-corrected chi connectivity index (χ1v) is 25.1. The fraction of sp³-hybridized carbons (Fsp3) is 0.843. The van der Waals surface area contributed by atoms with Gasteiger partial charge >= 0.3 is 11.9 Å². The van der Waals surface area contributed by atoms with Crippen LogP contribution in [0.2, 0.25) is 0 Å². The molecular formula is C51H92O10. The number of rotatable bonds is 42. The Balaban J connectivity index is 2.27. The van der Waals surface area contributed by atoms with Gasteiger partial charge in [0.05, 0.1) is 13.2 Å². The van der Waals surface area contributed by atoms with Gasteiger partial charge in [-0.2, -0.15) is 0 Å². The van der Waals surface area contributed by atoms with E-state index >= 15 is 0 Å². The first-order valence-electron chi connectivity index (χ1n) is 25.1. The van der Waals surface area contributed by atoms with Crippen LogP contribution in [0.4, 0.5) is 0 Å². The molecule has 10 nitrogen and oxygen atoms in total. The van der Waals surface area contributed by atoms with Crippen LogP contribution in [0.5, 0.6) is 0 Å². The van der Waals surface area contributed by atoms with Crippen LogP contribution in [0.3, 0.4) is 0 Å². The molecule has 1 heterocycles. The number of hydrogen-bond donors (Lipinski definition) is 4. The van der Waals surface area contributed by atoms with Gasteiger partial charge in [0.1, 0.15) is 31.0 Å². The quantitative estimate of drug-likeness (QED) is 0.0265. The summed E-state index contributed by atoms with van der Waals surface area (Å²) in [6.07, 6.45) is 41.6. The fourth-order valence-corrected chi connectivity index (χ4v) is 7.51. The number of esters is 2. The molecule has 0 aromatic heterocycles. The average Bonchev–Trinajstić information content (AvgIpc) is 3.26. The normalized spacial score (nSPS) is 20.0. The minimum atomic E-state index is -1.60. The molecule has 1 rings (SSSR count). The van der Waals surface area contributed by atoms with E-state index in [2.05, 4.69) is 50.3 Å². The lowest BCUT2D eigenvalue weighted by Gasteiger charge is -2.39. The summed E-state index contributed by atoms with van der Waals surface area (Å²) in [4.78, 5) is 25.4. The van der Waals surface area contributed by atoms with Gasteiger partial charge in [0.2, 0.25) is 0 Å². The standard InChI is InChI=1S/C51H92O10/c1-3-5-7-9-11-13-15-17-19-20-21-22-23-24-26-27-29-31-33-35-37-39-46(53)58-42-44(43-59-51-50(57)49(56)48(55)45(41-52)61-51)60-47(54)40-38-36-34-32-30-28-25-18-16-14-12-10-8-6-4-2/h17-19,25,30,32,44-45,48-52,55-57H,3-16,20-24,26-29,31,33-43H2,1-2H3/b19-17+,25-18+,32-30+/t44-,45-,48+,49?,50?,51-/m0/s1. The first kappa shape index (κ1) is 56.9. The Hall–Kier alpha value is -2.08. The number of allylic oxidation sites excluding steroid dienone is 6. The van der Waals surface area contributed by atoms with Gasteiger partial charge in [-0.1, -0.05) is 172 Å². The number of carbonyl (C=O) groups excluding carboxylic acids is 2. The van der Waals surface area contributed by atoms with Gasteiger partial charge < -0.3 is 39.4 Å². The summed E-state index contributed by atoms with van der Waals surface area (Å²) in [5, 5.41) is 40.1. The number of aliphatic hydroxyl groups is 4. The summed E-state index contributed by atoms with van der Waals surface area (Å²) in [6.45, 7) is 3.40. The molecule has 6 atom stereocenters. The van der Waals surface area contributed by atoms with Gasteiger partial charge in [0.25, 0.3) is 0 Å². The van der Waals surface area contributed by atoms with Crippen molar-refractivity contribution in [2.45, 2.75) is 256 Å². The highest BCUT2D eigenvalue weighted by atomic mass is 16.7. The van der Waals surface area contributed by atoms with Crippen molar-refractivity contribution in [3.05, 3.63) is 36.5 Å². The molecule has 0 amide bonds. The van der Waals surface area contributed by atoms with Crippen LogP contribution in [0.1, 0.15) is 219 Å². The van der Waals surface area contributed by atoms with Gasteiger partial charge in [-0.05, 0) is 70.6 Å². The van der Waals surface area contributed by atoms with E-state index < -0.39 is 49.4 Å². The summed E-state index contributed by atoms with van der Waals surface area (Å²) in [6, 6.07) is 0. The molecule has 61 heavy (non-hydrogen) atoms. The van der Waals surface area contributed by atoms with Gasteiger partial charge in [0.15, 0.2) is 12.4 Å². The Morgan fingerprint density at radius 3 is 1.41 bits per heavy atom. The largest absolute Gasteiger partial charge is 0.462 e. The van der Waals surface area contributed by atoms with Crippen molar-refractivity contribution in [1.82, 2.24) is 0 Å². The first-order chi connectivity index (χ1) is 29.8. The van der Waals surface area contributed by atoms with Crippen molar-refractivity contribution in [3.63, 3.8) is 0 Å². The Morgan fingerprint density at radius 1 is 0.508 bits per heavy atom. The molecule has 0 spiro atoms. The van der Waals surface area contributed by atoms with Crippen molar-refractivity contribution in [1.29, 1.82) is 0 Å². The molecule has 1 fully saturated rings. The van der Waals surface area contributed by atoms with Crippen molar-refractivity contribution >= 4 is 11.9 Å². The zero-order valence-electron chi connectivity index (χ0n) is 38.9. The number of ether oxygens (including phenoxy) is 4. The predicted octanol–water partition coefficient (Wildman–Crippen LogP) is 11.4. The minimum Gasteiger partial charge on any atom is -0.462 e. The van der Waals surface area contributed by atoms with E-state index in [1.165, 1.54) is 141 Å². The van der Waals surface area contributed by atoms with Crippen LogP contribution in [0.15, 0.2) is 36.5 Å². The minimum absolute atomic E-state index is 0.188. The molecule has 356 valence electrons.